The topological polar surface area (TPSA) is 73.6 Å². The lowest BCUT2D eigenvalue weighted by Gasteiger charge is -2.39. The molecule has 2 aliphatic rings. The molecule has 0 bridgehead atoms. The van der Waals surface area contributed by atoms with E-state index in [1.165, 1.54) is 0 Å². The first-order valence-electron chi connectivity index (χ1n) is 6.94. The second-order valence-electron chi connectivity index (χ2n) is 5.32. The highest BCUT2D eigenvalue weighted by atomic mass is 16.5. The van der Waals surface area contributed by atoms with Crippen LogP contribution in [0.25, 0.3) is 0 Å². The number of carbonyl (C=O) groups is 1. The van der Waals surface area contributed by atoms with Gasteiger partial charge in [-0.15, -0.1) is 0 Å². The largest absolute Gasteiger partial charge is 0.378 e. The maximum Gasteiger partial charge on any atom is 0.237 e. The van der Waals surface area contributed by atoms with Gasteiger partial charge in [0.15, 0.2) is 0 Å². The van der Waals surface area contributed by atoms with Crippen LogP contribution in [0.4, 0.5) is 0 Å². The molecule has 5 nitrogen and oxygen atoms in total. The van der Waals surface area contributed by atoms with Crippen LogP contribution in [-0.4, -0.2) is 43.4 Å². The monoisotopic (exact) mass is 256 g/mol. The maximum atomic E-state index is 11.8. The average Bonchev–Trinajstić information content (AvgIpc) is 2.89. The van der Waals surface area contributed by atoms with Gasteiger partial charge in [0, 0.05) is 26.2 Å². The summed E-state index contributed by atoms with van der Waals surface area (Å²) in [6.07, 6.45) is 4.77. The predicted molar refractivity (Wildman–Crippen MR) is 68.2 cm³/mol. The molecule has 2 fully saturated rings. The van der Waals surface area contributed by atoms with E-state index in [4.69, 9.17) is 15.2 Å². The molecule has 2 aliphatic heterocycles. The van der Waals surface area contributed by atoms with E-state index in [0.29, 0.717) is 26.0 Å². The summed E-state index contributed by atoms with van der Waals surface area (Å²) in [5.74, 6) is -0.262. The second-order valence-corrected chi connectivity index (χ2v) is 5.32. The van der Waals surface area contributed by atoms with Crippen molar-refractivity contribution in [2.75, 3.05) is 19.8 Å². The minimum atomic E-state index is -0.606. The maximum absolute atomic E-state index is 11.8. The van der Waals surface area contributed by atoms with Gasteiger partial charge < -0.3 is 20.5 Å². The minimum absolute atomic E-state index is 0.128. The molecule has 0 spiro atoms. The van der Waals surface area contributed by atoms with Crippen molar-refractivity contribution in [2.45, 2.75) is 56.8 Å². The van der Waals surface area contributed by atoms with Gasteiger partial charge in [0.05, 0.1) is 12.2 Å². The minimum Gasteiger partial charge on any atom is -0.378 e. The lowest BCUT2D eigenvalue weighted by atomic mass is 9.85. The van der Waals surface area contributed by atoms with Crippen LogP contribution in [0.15, 0.2) is 0 Å². The van der Waals surface area contributed by atoms with Crippen LogP contribution in [0.3, 0.4) is 0 Å². The molecule has 0 aliphatic carbocycles. The molecule has 3 N–H and O–H groups in total. The van der Waals surface area contributed by atoms with Crippen LogP contribution in [0.2, 0.25) is 0 Å². The average molecular weight is 256 g/mol. The summed E-state index contributed by atoms with van der Waals surface area (Å²) in [5.41, 5.74) is 5.00. The normalized spacial score (nSPS) is 36.7. The van der Waals surface area contributed by atoms with Gasteiger partial charge in [0.2, 0.25) is 5.91 Å². The Morgan fingerprint density at radius 1 is 1.39 bits per heavy atom. The zero-order chi connectivity index (χ0) is 13.0. The van der Waals surface area contributed by atoms with E-state index in [0.717, 1.165) is 25.9 Å². The lowest BCUT2D eigenvalue weighted by Crippen LogP contribution is -2.61. The van der Waals surface area contributed by atoms with E-state index >= 15 is 0 Å². The molecule has 0 aromatic carbocycles. The molecule has 2 saturated heterocycles. The molecule has 1 amide bonds. The fraction of sp³-hybridized carbons (Fsp3) is 0.923. The van der Waals surface area contributed by atoms with Crippen molar-refractivity contribution in [1.29, 1.82) is 0 Å². The van der Waals surface area contributed by atoms with E-state index in [1.54, 1.807) is 0 Å². The van der Waals surface area contributed by atoms with Gasteiger partial charge in [-0.3, -0.25) is 4.79 Å². The van der Waals surface area contributed by atoms with Gasteiger partial charge in [0.25, 0.3) is 0 Å². The Hall–Kier alpha value is -0.650. The summed E-state index contributed by atoms with van der Waals surface area (Å²) in [4.78, 5) is 11.8. The Morgan fingerprint density at radius 2 is 2.17 bits per heavy atom. The fourth-order valence-corrected chi connectivity index (χ4v) is 2.80. The van der Waals surface area contributed by atoms with Crippen molar-refractivity contribution in [3.05, 3.63) is 0 Å². The molecule has 3 atom stereocenters. The number of nitrogens with one attached hydrogen (secondary N) is 1. The molecular weight excluding hydrogens is 232 g/mol. The van der Waals surface area contributed by atoms with Crippen molar-refractivity contribution in [3.63, 3.8) is 0 Å². The van der Waals surface area contributed by atoms with Crippen LogP contribution in [0.5, 0.6) is 0 Å². The van der Waals surface area contributed by atoms with Crippen LogP contribution < -0.4 is 11.1 Å². The summed E-state index contributed by atoms with van der Waals surface area (Å²) >= 11 is 0. The van der Waals surface area contributed by atoms with Gasteiger partial charge in [-0.25, -0.2) is 0 Å². The van der Waals surface area contributed by atoms with E-state index in [9.17, 15) is 4.79 Å². The summed E-state index contributed by atoms with van der Waals surface area (Å²) in [6.45, 7) is 4.21. The predicted octanol–water partition coefficient (Wildman–Crippen LogP) is 0.568. The van der Waals surface area contributed by atoms with Crippen LogP contribution in [0, 0.1) is 0 Å². The molecule has 0 aromatic rings. The van der Waals surface area contributed by atoms with E-state index in [1.807, 2.05) is 0 Å². The summed E-state index contributed by atoms with van der Waals surface area (Å²) in [5, 5.41) is 3.36. The van der Waals surface area contributed by atoms with E-state index in [2.05, 4.69) is 12.2 Å². The number of rotatable bonds is 5. The molecule has 3 unspecified atom stereocenters. The Bertz CT molecular complexity index is 292. The zero-order valence-electron chi connectivity index (χ0n) is 11.1. The van der Waals surface area contributed by atoms with Crippen molar-refractivity contribution < 1.29 is 14.3 Å². The molecule has 2 rings (SSSR count). The smallest absolute Gasteiger partial charge is 0.237 e. The number of carbonyl (C=O) groups excluding carboxylic acids is 1. The Kier molecular flexibility index (Phi) is 4.59. The lowest BCUT2D eigenvalue weighted by molar-refractivity contribution is -0.131. The zero-order valence-corrected chi connectivity index (χ0v) is 11.1. The molecule has 0 radical (unpaired) electrons. The number of hydrogen-bond acceptors (Lipinski definition) is 4. The van der Waals surface area contributed by atoms with Crippen LogP contribution >= 0.6 is 0 Å². The number of ether oxygens (including phenoxy) is 2. The summed E-state index contributed by atoms with van der Waals surface area (Å²) < 4.78 is 11.2. The summed E-state index contributed by atoms with van der Waals surface area (Å²) in [6, 6.07) is 0. The van der Waals surface area contributed by atoms with Crippen molar-refractivity contribution in [2.24, 2.45) is 5.73 Å². The van der Waals surface area contributed by atoms with Crippen molar-refractivity contribution >= 4 is 5.91 Å². The Balaban J connectivity index is 1.94. The molecule has 18 heavy (non-hydrogen) atoms. The highest BCUT2D eigenvalue weighted by Crippen LogP contribution is 2.27. The quantitative estimate of drug-likeness (QED) is 0.754. The molecule has 0 aromatic heterocycles. The third-order valence-electron chi connectivity index (χ3n) is 4.08. The first kappa shape index (κ1) is 13.8. The van der Waals surface area contributed by atoms with Gasteiger partial charge >= 0.3 is 0 Å². The van der Waals surface area contributed by atoms with Gasteiger partial charge in [-0.05, 0) is 25.7 Å². The second kappa shape index (κ2) is 5.99. The fourth-order valence-electron chi connectivity index (χ4n) is 2.80. The molecule has 0 saturated carbocycles. The third-order valence-corrected chi connectivity index (χ3v) is 4.08. The van der Waals surface area contributed by atoms with Crippen molar-refractivity contribution in [3.8, 4) is 0 Å². The standard InChI is InChI=1S/C13H24N2O3/c1-2-10-8-13(12(14)16,5-7-18-10)15-9-11-4-3-6-17-11/h10-11,15H,2-9H2,1H3,(H2,14,16). The first-order chi connectivity index (χ1) is 8.66. The Labute approximate surface area is 108 Å². The third kappa shape index (κ3) is 3.02. The molecule has 2 heterocycles. The van der Waals surface area contributed by atoms with E-state index < -0.39 is 5.54 Å². The van der Waals surface area contributed by atoms with Crippen LogP contribution in [-0.2, 0) is 14.3 Å². The number of nitrogens with two attached hydrogens (primary N) is 1. The van der Waals surface area contributed by atoms with Gasteiger partial charge in [-0.1, -0.05) is 6.92 Å². The highest BCUT2D eigenvalue weighted by molar-refractivity contribution is 5.84. The van der Waals surface area contributed by atoms with Gasteiger partial charge in [-0.2, -0.15) is 0 Å². The highest BCUT2D eigenvalue weighted by Gasteiger charge is 2.41. The number of amides is 1. The van der Waals surface area contributed by atoms with E-state index in [-0.39, 0.29) is 18.1 Å². The number of hydrogen-bond donors (Lipinski definition) is 2. The summed E-state index contributed by atoms with van der Waals surface area (Å²) in [7, 11) is 0. The molecule has 104 valence electrons. The van der Waals surface area contributed by atoms with Gasteiger partial charge in [0.1, 0.15) is 5.54 Å². The number of primary amides is 1. The van der Waals surface area contributed by atoms with Crippen LogP contribution in [0.1, 0.15) is 39.0 Å². The molecule has 5 heteroatoms. The SMILES string of the molecule is CCC1CC(NCC2CCCO2)(C(N)=O)CCO1. The molecular formula is C13H24N2O3. The van der Waals surface area contributed by atoms with Crippen molar-refractivity contribution in [1.82, 2.24) is 5.32 Å². The first-order valence-corrected chi connectivity index (χ1v) is 6.94. The Morgan fingerprint density at radius 3 is 2.78 bits per heavy atom.